The number of hydrogen-bond acceptors (Lipinski definition) is 2. The third-order valence-corrected chi connectivity index (χ3v) is 3.03. The van der Waals surface area contributed by atoms with Gasteiger partial charge < -0.3 is 9.64 Å². The van der Waals surface area contributed by atoms with E-state index in [-0.39, 0.29) is 17.5 Å². The second kappa shape index (κ2) is 7.77. The van der Waals surface area contributed by atoms with Gasteiger partial charge in [0, 0.05) is 20.0 Å². The van der Waals surface area contributed by atoms with Crippen molar-refractivity contribution in [2.75, 3.05) is 20.2 Å². The van der Waals surface area contributed by atoms with Crippen LogP contribution in [0.5, 0.6) is 5.75 Å². The van der Waals surface area contributed by atoms with Gasteiger partial charge in [-0.2, -0.15) is 0 Å². The van der Waals surface area contributed by atoms with Crippen LogP contribution in [-0.4, -0.2) is 31.0 Å². The molecular formula is C15H22FNO2. The summed E-state index contributed by atoms with van der Waals surface area (Å²) in [4.78, 5) is 13.2. The lowest BCUT2D eigenvalue weighted by molar-refractivity contribution is -0.129. The zero-order valence-corrected chi connectivity index (χ0v) is 11.9. The molecule has 106 valence electrons. The van der Waals surface area contributed by atoms with Crippen LogP contribution >= 0.6 is 0 Å². The van der Waals surface area contributed by atoms with E-state index in [2.05, 4.69) is 0 Å². The fourth-order valence-corrected chi connectivity index (χ4v) is 1.65. The Morgan fingerprint density at radius 1 is 1.37 bits per heavy atom. The van der Waals surface area contributed by atoms with Gasteiger partial charge in [-0.15, -0.1) is 0 Å². The first-order valence-electron chi connectivity index (χ1n) is 6.67. The van der Waals surface area contributed by atoms with Crippen LogP contribution in [0.1, 0.15) is 31.7 Å². The van der Waals surface area contributed by atoms with E-state index in [9.17, 15) is 9.18 Å². The number of hydrogen-bond donors (Lipinski definition) is 0. The van der Waals surface area contributed by atoms with Crippen LogP contribution in [0.2, 0.25) is 0 Å². The molecule has 0 aliphatic heterocycles. The summed E-state index contributed by atoms with van der Waals surface area (Å²) in [6.07, 6.45) is 2.03. The van der Waals surface area contributed by atoms with Gasteiger partial charge in [0.15, 0.2) is 11.6 Å². The van der Waals surface area contributed by atoms with E-state index in [1.165, 1.54) is 6.07 Å². The molecule has 0 fully saturated rings. The molecule has 0 N–H and O–H groups in total. The molecule has 3 nitrogen and oxygen atoms in total. The number of ether oxygens (including phenoxy) is 1. The monoisotopic (exact) mass is 267 g/mol. The first-order valence-corrected chi connectivity index (χ1v) is 6.67. The maximum atomic E-state index is 13.5. The number of benzene rings is 1. The smallest absolute Gasteiger partial charge is 0.222 e. The summed E-state index contributed by atoms with van der Waals surface area (Å²) in [5, 5.41) is 0. The quantitative estimate of drug-likeness (QED) is 0.710. The molecule has 4 heteroatoms. The van der Waals surface area contributed by atoms with Gasteiger partial charge in [-0.25, -0.2) is 4.39 Å². The van der Waals surface area contributed by atoms with Crippen LogP contribution in [0, 0.1) is 12.7 Å². The predicted molar refractivity (Wildman–Crippen MR) is 73.8 cm³/mol. The van der Waals surface area contributed by atoms with Crippen molar-refractivity contribution >= 4 is 5.91 Å². The Balaban J connectivity index is 2.22. The molecule has 0 aromatic heterocycles. The number of aryl methyl sites for hydroxylation is 1. The highest BCUT2D eigenvalue weighted by Crippen LogP contribution is 2.18. The van der Waals surface area contributed by atoms with Crippen molar-refractivity contribution in [1.82, 2.24) is 4.90 Å². The van der Waals surface area contributed by atoms with Crippen LogP contribution in [0.15, 0.2) is 18.2 Å². The number of amides is 1. The fourth-order valence-electron chi connectivity index (χ4n) is 1.65. The summed E-state index contributed by atoms with van der Waals surface area (Å²) < 4.78 is 18.8. The molecule has 19 heavy (non-hydrogen) atoms. The maximum Gasteiger partial charge on any atom is 0.222 e. The van der Waals surface area contributed by atoms with E-state index in [1.54, 1.807) is 18.0 Å². The summed E-state index contributed by atoms with van der Waals surface area (Å²) in [6.45, 7) is 4.94. The molecule has 1 aromatic rings. The summed E-state index contributed by atoms with van der Waals surface area (Å²) in [7, 11) is 1.79. The molecule has 0 unspecified atom stereocenters. The Morgan fingerprint density at radius 3 is 2.74 bits per heavy atom. The Morgan fingerprint density at radius 2 is 2.11 bits per heavy atom. The van der Waals surface area contributed by atoms with Crippen molar-refractivity contribution < 1.29 is 13.9 Å². The van der Waals surface area contributed by atoms with Crippen molar-refractivity contribution in [3.8, 4) is 5.75 Å². The third kappa shape index (κ3) is 5.28. The molecular weight excluding hydrogens is 245 g/mol. The zero-order valence-electron chi connectivity index (χ0n) is 11.9. The van der Waals surface area contributed by atoms with E-state index < -0.39 is 0 Å². The van der Waals surface area contributed by atoms with E-state index >= 15 is 0 Å². The highest BCUT2D eigenvalue weighted by Gasteiger charge is 2.06. The summed E-state index contributed by atoms with van der Waals surface area (Å²) >= 11 is 0. The maximum absolute atomic E-state index is 13.5. The SMILES string of the molecule is CCN(C)C(=O)CCCCOc1ccc(C)cc1F. The topological polar surface area (TPSA) is 29.5 Å². The Bertz CT molecular complexity index is 421. The van der Waals surface area contributed by atoms with Gasteiger partial charge in [-0.05, 0) is 44.4 Å². The fraction of sp³-hybridized carbons (Fsp3) is 0.533. The van der Waals surface area contributed by atoms with Gasteiger partial charge >= 0.3 is 0 Å². The molecule has 0 saturated carbocycles. The normalized spacial score (nSPS) is 10.3. The van der Waals surface area contributed by atoms with Gasteiger partial charge in [-0.1, -0.05) is 6.07 Å². The average molecular weight is 267 g/mol. The summed E-state index contributed by atoms with van der Waals surface area (Å²) in [6, 6.07) is 4.91. The van der Waals surface area contributed by atoms with Crippen molar-refractivity contribution in [1.29, 1.82) is 0 Å². The Kier molecular flexibility index (Phi) is 6.33. The summed E-state index contributed by atoms with van der Waals surface area (Å²) in [5.41, 5.74) is 0.873. The number of nitrogens with zero attached hydrogens (tertiary/aromatic N) is 1. The van der Waals surface area contributed by atoms with Gasteiger partial charge in [0.1, 0.15) is 0 Å². The zero-order chi connectivity index (χ0) is 14.3. The second-order valence-electron chi connectivity index (χ2n) is 4.65. The first kappa shape index (κ1) is 15.5. The van der Waals surface area contributed by atoms with Crippen LogP contribution in [0.25, 0.3) is 0 Å². The lowest BCUT2D eigenvalue weighted by atomic mass is 10.2. The van der Waals surface area contributed by atoms with E-state index in [4.69, 9.17) is 4.74 Å². The molecule has 1 amide bonds. The van der Waals surface area contributed by atoms with Crippen LogP contribution in [-0.2, 0) is 4.79 Å². The number of carbonyl (C=O) groups is 1. The summed E-state index contributed by atoms with van der Waals surface area (Å²) in [5.74, 6) is 0.0911. The molecule has 0 radical (unpaired) electrons. The Hall–Kier alpha value is -1.58. The minimum atomic E-state index is -0.332. The van der Waals surface area contributed by atoms with Crippen molar-refractivity contribution in [2.45, 2.75) is 33.1 Å². The molecule has 0 bridgehead atoms. The van der Waals surface area contributed by atoms with Crippen molar-refractivity contribution in [2.24, 2.45) is 0 Å². The molecule has 0 aliphatic carbocycles. The minimum absolute atomic E-state index is 0.143. The molecule has 0 heterocycles. The number of rotatable bonds is 7. The average Bonchev–Trinajstić information content (AvgIpc) is 2.39. The number of halogens is 1. The van der Waals surface area contributed by atoms with Crippen molar-refractivity contribution in [3.05, 3.63) is 29.6 Å². The van der Waals surface area contributed by atoms with E-state index in [0.29, 0.717) is 13.0 Å². The van der Waals surface area contributed by atoms with Gasteiger partial charge in [-0.3, -0.25) is 4.79 Å². The van der Waals surface area contributed by atoms with E-state index in [1.807, 2.05) is 19.9 Å². The van der Waals surface area contributed by atoms with Gasteiger partial charge in [0.25, 0.3) is 0 Å². The molecule has 1 aromatic carbocycles. The lowest BCUT2D eigenvalue weighted by Crippen LogP contribution is -2.25. The standard InChI is InChI=1S/C15H22FNO2/c1-4-17(3)15(18)7-5-6-10-19-14-9-8-12(2)11-13(14)16/h8-9,11H,4-7,10H2,1-3H3. The number of unbranched alkanes of at least 4 members (excludes halogenated alkanes) is 1. The first-order chi connectivity index (χ1) is 9.04. The van der Waals surface area contributed by atoms with Crippen LogP contribution < -0.4 is 4.74 Å². The van der Waals surface area contributed by atoms with Gasteiger partial charge in [0.2, 0.25) is 5.91 Å². The van der Waals surface area contributed by atoms with Crippen LogP contribution in [0.3, 0.4) is 0 Å². The largest absolute Gasteiger partial charge is 0.491 e. The van der Waals surface area contributed by atoms with E-state index in [0.717, 1.165) is 24.9 Å². The molecule has 0 saturated heterocycles. The molecule has 0 aliphatic rings. The van der Waals surface area contributed by atoms with Crippen molar-refractivity contribution in [3.63, 3.8) is 0 Å². The van der Waals surface area contributed by atoms with Crippen LogP contribution in [0.4, 0.5) is 4.39 Å². The molecule has 1 rings (SSSR count). The lowest BCUT2D eigenvalue weighted by Gasteiger charge is -2.14. The minimum Gasteiger partial charge on any atom is -0.491 e. The molecule has 0 spiro atoms. The third-order valence-electron chi connectivity index (χ3n) is 3.03. The number of carbonyl (C=O) groups excluding carboxylic acids is 1. The highest BCUT2D eigenvalue weighted by molar-refractivity contribution is 5.75. The predicted octanol–water partition coefficient (Wildman–Crippen LogP) is 3.16. The highest BCUT2D eigenvalue weighted by atomic mass is 19.1. The van der Waals surface area contributed by atoms with Gasteiger partial charge in [0.05, 0.1) is 6.61 Å². The second-order valence-corrected chi connectivity index (χ2v) is 4.65. The Labute approximate surface area is 114 Å². The molecule has 0 atom stereocenters.